The highest BCUT2D eigenvalue weighted by Gasteiger charge is 2.10. The average Bonchev–Trinajstić information content (AvgIpc) is 2.65. The summed E-state index contributed by atoms with van der Waals surface area (Å²) in [5, 5.41) is 3.67. The summed E-state index contributed by atoms with van der Waals surface area (Å²) >= 11 is 0. The third kappa shape index (κ3) is 3.68. The minimum Gasteiger partial charge on any atom is -0.256 e. The first kappa shape index (κ1) is 18.6. The molecule has 0 N–H and O–H groups in total. The summed E-state index contributed by atoms with van der Waals surface area (Å²) in [6.07, 6.45) is 7.93. The molecule has 0 saturated heterocycles. The number of aromatic nitrogens is 1. The van der Waals surface area contributed by atoms with E-state index in [9.17, 15) is 0 Å². The molecule has 0 saturated carbocycles. The average molecular weight is 305 g/mol. The zero-order chi connectivity index (χ0) is 17.2. The van der Waals surface area contributed by atoms with Crippen LogP contribution in [0.5, 0.6) is 0 Å². The first-order valence-electron chi connectivity index (χ1n) is 8.41. The van der Waals surface area contributed by atoms with Gasteiger partial charge in [0.25, 0.3) is 0 Å². The van der Waals surface area contributed by atoms with Crippen molar-refractivity contribution in [2.75, 3.05) is 0 Å². The number of pyridine rings is 1. The molecule has 120 valence electrons. The summed E-state index contributed by atoms with van der Waals surface area (Å²) in [6, 6.07) is 12.6. The summed E-state index contributed by atoms with van der Waals surface area (Å²) in [6.45, 7) is 14.0. The summed E-state index contributed by atoms with van der Waals surface area (Å²) in [7, 11) is 0. The maximum Gasteiger partial charge on any atom is 0.0786 e. The van der Waals surface area contributed by atoms with Crippen molar-refractivity contribution >= 4 is 33.8 Å². The number of hydrogen-bond acceptors (Lipinski definition) is 1. The number of rotatable bonds is 2. The molecule has 0 aliphatic carbocycles. The first-order valence-corrected chi connectivity index (χ1v) is 8.41. The first-order chi connectivity index (χ1) is 11.4. The lowest BCUT2D eigenvalue weighted by Gasteiger charge is -2.11. The van der Waals surface area contributed by atoms with Crippen LogP contribution in [-0.4, -0.2) is 4.98 Å². The van der Waals surface area contributed by atoms with Crippen LogP contribution in [0, 0.1) is 0 Å². The van der Waals surface area contributed by atoms with E-state index in [0.717, 1.165) is 11.1 Å². The van der Waals surface area contributed by atoms with Gasteiger partial charge >= 0.3 is 0 Å². The quantitative estimate of drug-likeness (QED) is 0.459. The minimum atomic E-state index is 1.02. The van der Waals surface area contributed by atoms with Crippen molar-refractivity contribution in [2.45, 2.75) is 34.6 Å². The van der Waals surface area contributed by atoms with Crippen LogP contribution in [0.15, 0.2) is 55.3 Å². The van der Waals surface area contributed by atoms with Gasteiger partial charge in [-0.25, -0.2) is 0 Å². The Morgan fingerprint density at radius 2 is 1.43 bits per heavy atom. The molecule has 23 heavy (non-hydrogen) atoms. The molecule has 0 aliphatic rings. The Bertz CT molecular complexity index is 798. The monoisotopic (exact) mass is 305 g/mol. The molecule has 1 heteroatoms. The van der Waals surface area contributed by atoms with Gasteiger partial charge in [-0.1, -0.05) is 82.8 Å². The predicted octanol–water partition coefficient (Wildman–Crippen LogP) is 7.12. The summed E-state index contributed by atoms with van der Waals surface area (Å²) in [5.74, 6) is 0. The van der Waals surface area contributed by atoms with Crippen molar-refractivity contribution in [3.63, 3.8) is 0 Å². The van der Waals surface area contributed by atoms with Gasteiger partial charge in [0.15, 0.2) is 0 Å². The van der Waals surface area contributed by atoms with Crippen LogP contribution < -0.4 is 0 Å². The smallest absolute Gasteiger partial charge is 0.0786 e. The van der Waals surface area contributed by atoms with Crippen molar-refractivity contribution in [3.8, 4) is 0 Å². The molecule has 0 aliphatic heterocycles. The van der Waals surface area contributed by atoms with Gasteiger partial charge in [0, 0.05) is 17.1 Å². The van der Waals surface area contributed by atoms with E-state index in [0.29, 0.717) is 0 Å². The molecule has 0 unspecified atom stereocenters. The SMILES string of the molecule is C=Cc1c(/C=C\C)c2ccccc2c2cccnc12.CC.CC. The Kier molecular flexibility index (Phi) is 7.76. The molecule has 1 aromatic heterocycles. The van der Waals surface area contributed by atoms with Gasteiger partial charge in [-0.2, -0.15) is 0 Å². The standard InChI is InChI=1S/C18H15N.2C2H6/c1-3-8-14-13(4-2)18-17(11-7-12-19-18)16-10-6-5-9-15(14)16;2*1-2/h3-12H,2H2,1H3;2*1-2H3/b8-3-;;. The molecule has 1 heterocycles. The summed E-state index contributed by atoms with van der Waals surface area (Å²) in [5.41, 5.74) is 3.32. The van der Waals surface area contributed by atoms with Gasteiger partial charge in [0.05, 0.1) is 5.52 Å². The number of benzene rings is 2. The van der Waals surface area contributed by atoms with Crippen LogP contribution in [0.1, 0.15) is 45.7 Å². The molecule has 0 radical (unpaired) electrons. The van der Waals surface area contributed by atoms with Gasteiger partial charge in [-0.05, 0) is 29.3 Å². The molecule has 0 fully saturated rings. The summed E-state index contributed by atoms with van der Waals surface area (Å²) in [4.78, 5) is 4.54. The fourth-order valence-corrected chi connectivity index (χ4v) is 2.62. The van der Waals surface area contributed by atoms with Crippen molar-refractivity contribution in [1.29, 1.82) is 0 Å². The zero-order valence-corrected chi connectivity index (χ0v) is 14.9. The van der Waals surface area contributed by atoms with Crippen LogP contribution in [0.2, 0.25) is 0 Å². The Morgan fingerprint density at radius 1 is 0.826 bits per heavy atom. The predicted molar refractivity (Wildman–Crippen MR) is 107 cm³/mol. The Balaban J connectivity index is 0.000000615. The van der Waals surface area contributed by atoms with E-state index in [1.165, 1.54) is 21.7 Å². The van der Waals surface area contributed by atoms with Crippen molar-refractivity contribution < 1.29 is 0 Å². The van der Waals surface area contributed by atoms with Gasteiger partial charge in [-0.3, -0.25) is 4.98 Å². The lowest BCUT2D eigenvalue weighted by molar-refractivity contribution is 1.41. The maximum atomic E-state index is 4.54. The highest BCUT2D eigenvalue weighted by atomic mass is 14.6. The van der Waals surface area contributed by atoms with Crippen LogP contribution in [0.3, 0.4) is 0 Å². The second-order valence-electron chi connectivity index (χ2n) is 4.48. The van der Waals surface area contributed by atoms with E-state index in [1.807, 2.05) is 53.0 Å². The molecule has 0 bridgehead atoms. The number of nitrogens with zero attached hydrogens (tertiary/aromatic N) is 1. The fraction of sp³-hybridized carbons (Fsp3) is 0.227. The highest BCUT2D eigenvalue weighted by Crippen LogP contribution is 2.33. The molecule has 3 rings (SSSR count). The van der Waals surface area contributed by atoms with E-state index >= 15 is 0 Å². The molecule has 2 aromatic carbocycles. The third-order valence-corrected chi connectivity index (χ3v) is 3.40. The van der Waals surface area contributed by atoms with Gasteiger partial charge in [-0.15, -0.1) is 0 Å². The molecular weight excluding hydrogens is 278 g/mol. The largest absolute Gasteiger partial charge is 0.256 e. The summed E-state index contributed by atoms with van der Waals surface area (Å²) < 4.78 is 0. The lowest BCUT2D eigenvalue weighted by Crippen LogP contribution is -1.90. The van der Waals surface area contributed by atoms with E-state index in [1.54, 1.807) is 0 Å². The van der Waals surface area contributed by atoms with Gasteiger partial charge in [0.1, 0.15) is 0 Å². The van der Waals surface area contributed by atoms with Crippen molar-refractivity contribution in [2.24, 2.45) is 0 Å². The van der Waals surface area contributed by atoms with Crippen molar-refractivity contribution in [3.05, 3.63) is 66.4 Å². The van der Waals surface area contributed by atoms with Crippen molar-refractivity contribution in [1.82, 2.24) is 4.98 Å². The third-order valence-electron chi connectivity index (χ3n) is 3.40. The zero-order valence-electron chi connectivity index (χ0n) is 14.9. The molecule has 3 aromatic rings. The van der Waals surface area contributed by atoms with E-state index in [2.05, 4.69) is 54.0 Å². The molecular formula is C22H27N. The lowest BCUT2D eigenvalue weighted by atomic mass is 9.94. The second-order valence-corrected chi connectivity index (χ2v) is 4.48. The number of allylic oxidation sites excluding steroid dienone is 1. The highest BCUT2D eigenvalue weighted by molar-refractivity contribution is 6.13. The van der Waals surface area contributed by atoms with E-state index < -0.39 is 0 Å². The Morgan fingerprint density at radius 3 is 2.04 bits per heavy atom. The normalized spacial score (nSPS) is 9.96. The second kappa shape index (κ2) is 9.58. The van der Waals surface area contributed by atoms with Gasteiger partial charge in [0.2, 0.25) is 0 Å². The fourth-order valence-electron chi connectivity index (χ4n) is 2.62. The minimum absolute atomic E-state index is 1.02. The molecule has 0 atom stereocenters. The molecule has 0 spiro atoms. The van der Waals surface area contributed by atoms with Crippen LogP contribution in [0.25, 0.3) is 33.8 Å². The van der Waals surface area contributed by atoms with Crippen LogP contribution >= 0.6 is 0 Å². The maximum absolute atomic E-state index is 4.54. The molecule has 0 amide bonds. The van der Waals surface area contributed by atoms with E-state index in [-0.39, 0.29) is 0 Å². The number of hydrogen-bond donors (Lipinski definition) is 0. The van der Waals surface area contributed by atoms with Gasteiger partial charge < -0.3 is 0 Å². The number of fused-ring (bicyclic) bond motifs is 3. The van der Waals surface area contributed by atoms with Crippen LogP contribution in [-0.2, 0) is 0 Å². The van der Waals surface area contributed by atoms with E-state index in [4.69, 9.17) is 0 Å². The van der Waals surface area contributed by atoms with Crippen LogP contribution in [0.4, 0.5) is 0 Å². The topological polar surface area (TPSA) is 12.9 Å². The molecule has 1 nitrogen and oxygen atoms in total. The Labute approximate surface area is 140 Å². The Hall–Kier alpha value is -2.41.